The number of nitrogens with zero attached hydrogens (tertiary/aromatic N) is 2. The lowest BCUT2D eigenvalue weighted by molar-refractivity contribution is -0.120. The van der Waals surface area contributed by atoms with Crippen LogP contribution in [0.2, 0.25) is 0 Å². The van der Waals surface area contributed by atoms with Crippen LogP contribution in [0.3, 0.4) is 0 Å². The zero-order valence-electron chi connectivity index (χ0n) is 17.0. The average Bonchev–Trinajstić information content (AvgIpc) is 3.17. The van der Waals surface area contributed by atoms with Gasteiger partial charge in [-0.05, 0) is 49.2 Å². The highest BCUT2D eigenvalue weighted by atomic mass is 32.2. The number of hydrogen-bond donors (Lipinski definition) is 1. The minimum Gasteiger partial charge on any atom is -0.302 e. The summed E-state index contributed by atoms with van der Waals surface area (Å²) in [5.41, 5.74) is 0.204. The number of halogens is 1. The van der Waals surface area contributed by atoms with E-state index in [9.17, 15) is 26.0 Å². The molecule has 1 amide bonds. The number of carbonyl (C=O) groups excluding carboxylic acids is 1. The lowest BCUT2D eigenvalue weighted by Crippen LogP contribution is -2.41. The zero-order valence-corrected chi connectivity index (χ0v) is 19.4. The van der Waals surface area contributed by atoms with Gasteiger partial charge in [0.15, 0.2) is 15.0 Å². The summed E-state index contributed by atoms with van der Waals surface area (Å²) in [4.78, 5) is 16.8. The van der Waals surface area contributed by atoms with Crippen LogP contribution in [-0.4, -0.2) is 51.4 Å². The van der Waals surface area contributed by atoms with Gasteiger partial charge in [0.05, 0.1) is 14.5 Å². The summed E-state index contributed by atoms with van der Waals surface area (Å²) < 4.78 is 64.6. The maximum atomic E-state index is 13.8. The molecule has 0 radical (unpaired) electrons. The molecule has 4 rings (SSSR count). The Balaban J connectivity index is 1.40. The molecule has 1 fully saturated rings. The van der Waals surface area contributed by atoms with E-state index in [0.717, 1.165) is 6.26 Å². The molecular weight excluding hydrogens is 477 g/mol. The Morgan fingerprint density at radius 1 is 1.06 bits per heavy atom. The molecule has 12 heteroatoms. The molecule has 2 aromatic carbocycles. The van der Waals surface area contributed by atoms with E-state index in [1.165, 1.54) is 46.0 Å². The van der Waals surface area contributed by atoms with Crippen molar-refractivity contribution in [2.24, 2.45) is 5.92 Å². The third kappa shape index (κ3) is 4.53. The van der Waals surface area contributed by atoms with Crippen molar-refractivity contribution in [3.63, 3.8) is 0 Å². The second-order valence-corrected chi connectivity index (χ2v) is 12.5. The molecule has 0 unspecified atom stereocenters. The zero-order chi connectivity index (χ0) is 23.1. The Bertz CT molecular complexity index is 1380. The van der Waals surface area contributed by atoms with Gasteiger partial charge in [0.1, 0.15) is 11.3 Å². The summed E-state index contributed by atoms with van der Waals surface area (Å²) in [6.07, 6.45) is 1.70. The van der Waals surface area contributed by atoms with Crippen molar-refractivity contribution in [3.8, 4) is 0 Å². The van der Waals surface area contributed by atoms with Crippen LogP contribution in [0.4, 0.5) is 9.52 Å². The summed E-state index contributed by atoms with van der Waals surface area (Å²) in [6.45, 7) is 0.311. The number of amides is 1. The molecule has 0 bridgehead atoms. The molecule has 0 spiro atoms. The number of sulfone groups is 1. The number of para-hydroxylation sites is 1. The average molecular weight is 498 g/mol. The highest BCUT2D eigenvalue weighted by molar-refractivity contribution is 7.90. The summed E-state index contributed by atoms with van der Waals surface area (Å²) in [6, 6.07) is 9.68. The van der Waals surface area contributed by atoms with Crippen LogP contribution < -0.4 is 5.32 Å². The molecule has 0 atom stereocenters. The molecule has 1 saturated heterocycles. The molecule has 1 aliphatic rings. The van der Waals surface area contributed by atoms with Gasteiger partial charge in [-0.3, -0.25) is 4.79 Å². The van der Waals surface area contributed by atoms with Gasteiger partial charge in [-0.1, -0.05) is 17.4 Å². The maximum absolute atomic E-state index is 13.8. The van der Waals surface area contributed by atoms with E-state index in [-0.39, 0.29) is 34.3 Å². The second kappa shape index (κ2) is 8.50. The molecule has 170 valence electrons. The van der Waals surface area contributed by atoms with Gasteiger partial charge in [-0.25, -0.2) is 26.2 Å². The first-order chi connectivity index (χ1) is 15.1. The normalized spacial score (nSPS) is 16.3. The third-order valence-corrected chi connectivity index (χ3v) is 9.29. The molecule has 0 aliphatic carbocycles. The summed E-state index contributed by atoms with van der Waals surface area (Å²) in [5, 5.41) is 3.01. The number of nitrogens with one attached hydrogen (secondary N) is 1. The van der Waals surface area contributed by atoms with Crippen LogP contribution in [0.5, 0.6) is 0 Å². The predicted molar refractivity (Wildman–Crippen MR) is 119 cm³/mol. The van der Waals surface area contributed by atoms with Gasteiger partial charge in [0.25, 0.3) is 0 Å². The van der Waals surface area contributed by atoms with Crippen molar-refractivity contribution in [1.82, 2.24) is 9.29 Å². The Morgan fingerprint density at radius 2 is 1.69 bits per heavy atom. The molecule has 3 aromatic rings. The Labute approximate surface area is 189 Å². The number of thiazole rings is 1. The van der Waals surface area contributed by atoms with Gasteiger partial charge < -0.3 is 5.32 Å². The van der Waals surface area contributed by atoms with Crippen molar-refractivity contribution in [3.05, 3.63) is 48.3 Å². The first-order valence-electron chi connectivity index (χ1n) is 9.72. The molecule has 0 saturated carbocycles. The topological polar surface area (TPSA) is 114 Å². The lowest BCUT2D eigenvalue weighted by Gasteiger charge is -2.30. The molecule has 1 N–H and O–H groups in total. The lowest BCUT2D eigenvalue weighted by atomic mass is 9.97. The van der Waals surface area contributed by atoms with Crippen LogP contribution in [0.1, 0.15) is 12.8 Å². The van der Waals surface area contributed by atoms with Crippen LogP contribution in [0.25, 0.3) is 10.2 Å². The first kappa shape index (κ1) is 22.8. The van der Waals surface area contributed by atoms with E-state index in [1.807, 2.05) is 0 Å². The Morgan fingerprint density at radius 3 is 2.28 bits per heavy atom. The van der Waals surface area contributed by atoms with Crippen molar-refractivity contribution in [2.75, 3.05) is 24.7 Å². The monoisotopic (exact) mass is 497 g/mol. The molecule has 2 heterocycles. The number of benzene rings is 2. The van der Waals surface area contributed by atoms with Crippen LogP contribution in [-0.2, 0) is 24.7 Å². The molecule has 8 nitrogen and oxygen atoms in total. The van der Waals surface area contributed by atoms with E-state index >= 15 is 0 Å². The van der Waals surface area contributed by atoms with E-state index in [1.54, 1.807) is 12.1 Å². The number of sulfonamides is 1. The summed E-state index contributed by atoms with van der Waals surface area (Å²) >= 11 is 1.18. The minimum absolute atomic E-state index is 0.00398. The van der Waals surface area contributed by atoms with Gasteiger partial charge >= 0.3 is 0 Å². The van der Waals surface area contributed by atoms with Gasteiger partial charge in [-0.2, -0.15) is 4.31 Å². The van der Waals surface area contributed by atoms with E-state index in [4.69, 9.17) is 0 Å². The minimum atomic E-state index is -3.80. The number of hydrogen-bond acceptors (Lipinski definition) is 7. The number of anilines is 1. The third-order valence-electron chi connectivity index (χ3n) is 5.31. The largest absolute Gasteiger partial charge is 0.302 e. The van der Waals surface area contributed by atoms with Gasteiger partial charge in [0.2, 0.25) is 15.9 Å². The van der Waals surface area contributed by atoms with Crippen molar-refractivity contribution >= 4 is 52.5 Å². The van der Waals surface area contributed by atoms with Crippen molar-refractivity contribution in [2.45, 2.75) is 22.6 Å². The maximum Gasteiger partial charge on any atom is 0.243 e. The Kier molecular flexibility index (Phi) is 6.05. The fourth-order valence-electron chi connectivity index (χ4n) is 3.54. The highest BCUT2D eigenvalue weighted by Crippen LogP contribution is 2.29. The van der Waals surface area contributed by atoms with Crippen molar-refractivity contribution in [1.29, 1.82) is 0 Å². The summed E-state index contributed by atoms with van der Waals surface area (Å²) in [7, 11) is -7.22. The van der Waals surface area contributed by atoms with E-state index < -0.39 is 31.6 Å². The number of aromatic nitrogens is 1. The Hall–Kier alpha value is -2.41. The van der Waals surface area contributed by atoms with Crippen molar-refractivity contribution < 1.29 is 26.0 Å². The summed E-state index contributed by atoms with van der Waals surface area (Å²) in [5.74, 6) is -1.13. The molecular formula is C20H20FN3O5S3. The number of rotatable bonds is 5. The first-order valence-corrected chi connectivity index (χ1v) is 13.9. The van der Waals surface area contributed by atoms with E-state index in [0.29, 0.717) is 22.7 Å². The van der Waals surface area contributed by atoms with Crippen LogP contribution in [0.15, 0.2) is 52.3 Å². The van der Waals surface area contributed by atoms with Gasteiger partial charge in [-0.15, -0.1) is 0 Å². The smallest absolute Gasteiger partial charge is 0.243 e. The predicted octanol–water partition coefficient (Wildman–Crippen LogP) is 2.88. The fraction of sp³-hybridized carbons (Fsp3) is 0.300. The molecule has 1 aliphatic heterocycles. The quantitative estimate of drug-likeness (QED) is 0.580. The SMILES string of the molecule is CS(=O)(=O)c1ccc(S(=O)(=O)N2CCC(C(=O)Nc3nc4c(F)cccc4s3)CC2)cc1. The number of carbonyl (C=O) groups is 1. The van der Waals surface area contributed by atoms with Gasteiger partial charge in [0, 0.05) is 25.3 Å². The van der Waals surface area contributed by atoms with Crippen LogP contribution in [0, 0.1) is 11.7 Å². The molecule has 32 heavy (non-hydrogen) atoms. The number of fused-ring (bicyclic) bond motifs is 1. The van der Waals surface area contributed by atoms with Crippen LogP contribution >= 0.6 is 11.3 Å². The highest BCUT2D eigenvalue weighted by Gasteiger charge is 2.32. The fourth-order valence-corrected chi connectivity index (χ4v) is 6.53. The molecule has 1 aromatic heterocycles. The second-order valence-electron chi connectivity index (χ2n) is 7.52. The number of piperidine rings is 1. The standard InChI is InChI=1S/C20H20FN3O5S3/c1-31(26,27)14-5-7-15(8-6-14)32(28,29)24-11-9-13(10-12-24)19(25)23-20-22-18-16(21)3-2-4-17(18)30-20/h2-8,13H,9-12H2,1H3,(H,22,23,25). The van der Waals surface area contributed by atoms with E-state index in [2.05, 4.69) is 10.3 Å².